The molecule has 0 aliphatic carbocycles. The molecule has 3 amide bonds. The third kappa shape index (κ3) is 3.65. The molecule has 1 atom stereocenters. The number of aromatic nitrogens is 1. The van der Waals surface area contributed by atoms with Crippen molar-refractivity contribution >= 4 is 17.7 Å². The summed E-state index contributed by atoms with van der Waals surface area (Å²) in [6.45, 7) is 6.14. The topological polar surface area (TPSA) is 88.2 Å². The number of rotatable bonds is 2. The van der Waals surface area contributed by atoms with Crippen LogP contribution >= 0.6 is 0 Å². The highest BCUT2D eigenvalue weighted by Gasteiger charge is 2.28. The molecule has 1 unspecified atom stereocenters. The van der Waals surface area contributed by atoms with Gasteiger partial charge in [0, 0.05) is 12.6 Å². The molecule has 1 fully saturated rings. The molecular formula is C15H19N3O3. The lowest BCUT2D eigenvalue weighted by Crippen LogP contribution is -2.52. The van der Waals surface area contributed by atoms with Gasteiger partial charge in [0.05, 0.1) is 0 Å². The zero-order valence-electron chi connectivity index (χ0n) is 12.4. The monoisotopic (exact) mass is 289 g/mol. The van der Waals surface area contributed by atoms with Crippen molar-refractivity contribution < 1.29 is 14.4 Å². The molecule has 6 nitrogen and oxygen atoms in total. The molecular weight excluding hydrogens is 270 g/mol. The van der Waals surface area contributed by atoms with Gasteiger partial charge in [-0.1, -0.05) is 20.8 Å². The Morgan fingerprint density at radius 1 is 1.38 bits per heavy atom. The van der Waals surface area contributed by atoms with Crippen molar-refractivity contribution in [2.45, 2.75) is 45.1 Å². The van der Waals surface area contributed by atoms with E-state index in [4.69, 9.17) is 0 Å². The molecule has 0 radical (unpaired) electrons. The Bertz CT molecular complexity index is 590. The van der Waals surface area contributed by atoms with E-state index < -0.39 is 17.9 Å². The fraction of sp³-hybridized carbons (Fsp3) is 0.467. The molecule has 0 saturated carbocycles. The molecule has 1 saturated heterocycles. The van der Waals surface area contributed by atoms with Crippen LogP contribution in [-0.4, -0.2) is 28.7 Å². The number of hydrogen-bond donors (Lipinski definition) is 2. The number of imide groups is 1. The number of hydrogen-bond acceptors (Lipinski definition) is 4. The number of pyridine rings is 1. The van der Waals surface area contributed by atoms with Crippen molar-refractivity contribution in [3.8, 4) is 0 Å². The summed E-state index contributed by atoms with van der Waals surface area (Å²) in [5, 5.41) is 4.83. The van der Waals surface area contributed by atoms with E-state index in [9.17, 15) is 14.4 Å². The van der Waals surface area contributed by atoms with Crippen LogP contribution < -0.4 is 10.6 Å². The van der Waals surface area contributed by atoms with E-state index in [1.165, 1.54) is 0 Å². The first-order valence-corrected chi connectivity index (χ1v) is 6.88. The minimum absolute atomic E-state index is 0.0907. The highest BCUT2D eigenvalue weighted by molar-refractivity contribution is 6.03. The van der Waals surface area contributed by atoms with Gasteiger partial charge in [-0.3, -0.25) is 24.7 Å². The number of piperidine rings is 1. The highest BCUT2D eigenvalue weighted by Crippen LogP contribution is 2.22. The minimum atomic E-state index is -0.685. The van der Waals surface area contributed by atoms with E-state index >= 15 is 0 Å². The summed E-state index contributed by atoms with van der Waals surface area (Å²) in [7, 11) is 0. The van der Waals surface area contributed by atoms with Gasteiger partial charge in [-0.25, -0.2) is 0 Å². The number of amides is 3. The first kappa shape index (κ1) is 15.2. The van der Waals surface area contributed by atoms with Crippen LogP contribution in [0.5, 0.6) is 0 Å². The van der Waals surface area contributed by atoms with Gasteiger partial charge in [-0.15, -0.1) is 0 Å². The van der Waals surface area contributed by atoms with E-state index in [0.29, 0.717) is 6.42 Å². The fourth-order valence-electron chi connectivity index (χ4n) is 2.08. The summed E-state index contributed by atoms with van der Waals surface area (Å²) in [6.07, 6.45) is 2.13. The van der Waals surface area contributed by atoms with Crippen molar-refractivity contribution in [2.24, 2.45) is 0 Å². The Morgan fingerprint density at radius 3 is 2.71 bits per heavy atom. The lowest BCUT2D eigenvalue weighted by Gasteiger charge is -2.22. The quantitative estimate of drug-likeness (QED) is 0.792. The summed E-state index contributed by atoms with van der Waals surface area (Å²) in [5.74, 6) is -1.18. The average Bonchev–Trinajstić information content (AvgIpc) is 2.41. The highest BCUT2D eigenvalue weighted by atomic mass is 16.2. The molecule has 21 heavy (non-hydrogen) atoms. The molecule has 1 aliphatic heterocycles. The van der Waals surface area contributed by atoms with Gasteiger partial charge >= 0.3 is 0 Å². The van der Waals surface area contributed by atoms with Gasteiger partial charge in [0.2, 0.25) is 11.8 Å². The number of carbonyl (C=O) groups excluding carboxylic acids is 3. The van der Waals surface area contributed by atoms with Crippen molar-refractivity contribution in [1.29, 1.82) is 0 Å². The van der Waals surface area contributed by atoms with E-state index in [-0.39, 0.29) is 23.4 Å². The van der Waals surface area contributed by atoms with E-state index in [1.807, 2.05) is 26.8 Å². The molecule has 0 spiro atoms. The lowest BCUT2D eigenvalue weighted by molar-refractivity contribution is -0.134. The van der Waals surface area contributed by atoms with Crippen molar-refractivity contribution in [3.05, 3.63) is 29.6 Å². The second-order valence-corrected chi connectivity index (χ2v) is 6.16. The van der Waals surface area contributed by atoms with Crippen molar-refractivity contribution in [1.82, 2.24) is 15.6 Å². The van der Waals surface area contributed by atoms with Crippen LogP contribution in [-0.2, 0) is 15.0 Å². The van der Waals surface area contributed by atoms with Gasteiger partial charge in [-0.05, 0) is 29.5 Å². The smallest absolute Gasteiger partial charge is 0.270 e. The van der Waals surface area contributed by atoms with Crippen LogP contribution in [0.2, 0.25) is 0 Å². The zero-order chi connectivity index (χ0) is 15.6. The van der Waals surface area contributed by atoms with E-state index in [1.54, 1.807) is 12.3 Å². The second kappa shape index (κ2) is 5.63. The second-order valence-electron chi connectivity index (χ2n) is 6.16. The number of nitrogens with one attached hydrogen (secondary N) is 2. The molecule has 2 heterocycles. The Balaban J connectivity index is 2.10. The molecule has 112 valence electrons. The van der Waals surface area contributed by atoms with E-state index in [2.05, 4.69) is 15.6 Å². The van der Waals surface area contributed by atoms with E-state index in [0.717, 1.165) is 5.56 Å². The Hall–Kier alpha value is -2.24. The SMILES string of the molecule is CC(C)(C)c1ccnc(C(=O)NC2CCC(=O)NC2=O)c1. The number of nitrogens with zero attached hydrogens (tertiary/aromatic N) is 1. The van der Waals surface area contributed by atoms with Crippen LogP contribution in [0.1, 0.15) is 49.7 Å². The fourth-order valence-corrected chi connectivity index (χ4v) is 2.08. The molecule has 2 N–H and O–H groups in total. The summed E-state index contributed by atoms with van der Waals surface area (Å²) >= 11 is 0. The zero-order valence-corrected chi connectivity index (χ0v) is 12.4. The Labute approximate surface area is 123 Å². The molecule has 1 aromatic heterocycles. The predicted octanol–water partition coefficient (Wildman–Crippen LogP) is 0.914. The Kier molecular flexibility index (Phi) is 4.06. The van der Waals surface area contributed by atoms with Gasteiger partial charge < -0.3 is 5.32 Å². The summed E-state index contributed by atoms with van der Waals surface area (Å²) in [5.41, 5.74) is 1.17. The lowest BCUT2D eigenvalue weighted by atomic mass is 9.87. The maximum atomic E-state index is 12.2. The summed E-state index contributed by atoms with van der Waals surface area (Å²) < 4.78 is 0. The first-order valence-electron chi connectivity index (χ1n) is 6.88. The maximum Gasteiger partial charge on any atom is 0.270 e. The van der Waals surface area contributed by atoms with Crippen LogP contribution in [0.4, 0.5) is 0 Å². The van der Waals surface area contributed by atoms with Gasteiger partial charge in [0.1, 0.15) is 11.7 Å². The Morgan fingerprint density at radius 2 is 2.10 bits per heavy atom. The van der Waals surface area contributed by atoms with Gasteiger partial charge in [0.25, 0.3) is 5.91 Å². The van der Waals surface area contributed by atoms with Crippen LogP contribution in [0, 0.1) is 0 Å². The third-order valence-corrected chi connectivity index (χ3v) is 3.40. The molecule has 0 bridgehead atoms. The standard InChI is InChI=1S/C15H19N3O3/c1-15(2,3)9-6-7-16-11(8-9)14(21)17-10-4-5-12(19)18-13(10)20/h6-8,10H,4-5H2,1-3H3,(H,17,21)(H,18,19,20). The maximum absolute atomic E-state index is 12.2. The van der Waals surface area contributed by atoms with Gasteiger partial charge in [0.15, 0.2) is 0 Å². The molecule has 0 aromatic carbocycles. The average molecular weight is 289 g/mol. The molecule has 1 aliphatic rings. The summed E-state index contributed by atoms with van der Waals surface area (Å²) in [4.78, 5) is 38.9. The van der Waals surface area contributed by atoms with Gasteiger partial charge in [-0.2, -0.15) is 0 Å². The molecule has 2 rings (SSSR count). The molecule has 6 heteroatoms. The minimum Gasteiger partial charge on any atom is -0.339 e. The van der Waals surface area contributed by atoms with Crippen LogP contribution in [0.15, 0.2) is 18.3 Å². The largest absolute Gasteiger partial charge is 0.339 e. The van der Waals surface area contributed by atoms with Crippen LogP contribution in [0.25, 0.3) is 0 Å². The first-order chi connectivity index (χ1) is 9.77. The summed E-state index contributed by atoms with van der Waals surface area (Å²) in [6, 6.07) is 2.90. The van der Waals surface area contributed by atoms with Crippen LogP contribution in [0.3, 0.4) is 0 Å². The predicted molar refractivity (Wildman–Crippen MR) is 76.6 cm³/mol. The third-order valence-electron chi connectivity index (χ3n) is 3.40. The normalized spacial score (nSPS) is 19.1. The van der Waals surface area contributed by atoms with Crippen molar-refractivity contribution in [2.75, 3.05) is 0 Å². The molecule has 1 aromatic rings. The number of carbonyl (C=O) groups is 3. The van der Waals surface area contributed by atoms with Crippen molar-refractivity contribution in [3.63, 3.8) is 0 Å².